The molecule has 0 bridgehead atoms. The summed E-state index contributed by atoms with van der Waals surface area (Å²) >= 11 is 0. The number of hydrogen-bond acceptors (Lipinski definition) is 2. The van der Waals surface area contributed by atoms with Gasteiger partial charge in [0.1, 0.15) is 11.4 Å². The van der Waals surface area contributed by atoms with E-state index < -0.39 is 29.9 Å². The van der Waals surface area contributed by atoms with Gasteiger partial charge in [0.15, 0.2) is 0 Å². The van der Waals surface area contributed by atoms with Crippen molar-refractivity contribution in [3.8, 4) is 0 Å². The quantitative estimate of drug-likeness (QED) is 0.548. The van der Waals surface area contributed by atoms with Crippen molar-refractivity contribution in [2.75, 3.05) is 5.73 Å². The van der Waals surface area contributed by atoms with Gasteiger partial charge in [-0.3, -0.25) is 0 Å². The van der Waals surface area contributed by atoms with Crippen LogP contribution < -0.4 is 5.73 Å². The first-order valence-corrected chi connectivity index (χ1v) is 3.63. The molecule has 1 rings (SSSR count). The Balaban J connectivity index is 3.40. The van der Waals surface area contributed by atoms with E-state index >= 15 is 0 Å². The highest BCUT2D eigenvalue weighted by atomic mass is 19.4. The molecule has 1 aromatic carbocycles. The average molecular weight is 209 g/mol. The molecule has 0 saturated carbocycles. The summed E-state index contributed by atoms with van der Waals surface area (Å²) in [4.78, 5) is 0. The second-order valence-electron chi connectivity index (χ2n) is 2.65. The van der Waals surface area contributed by atoms with Gasteiger partial charge in [-0.05, 0) is 6.07 Å². The molecule has 14 heavy (non-hydrogen) atoms. The van der Waals surface area contributed by atoms with E-state index in [4.69, 9.17) is 10.8 Å². The standard InChI is InChI=1S/C8H7F4NO/c9-5-2-1-4(3-14)7(13)6(5)8(10,11)12/h1-2,14H,3,13H2. The summed E-state index contributed by atoms with van der Waals surface area (Å²) in [6, 6.07) is 1.64. The maximum absolute atomic E-state index is 12.8. The van der Waals surface area contributed by atoms with Crippen molar-refractivity contribution in [1.29, 1.82) is 0 Å². The first kappa shape index (κ1) is 10.8. The number of aliphatic hydroxyl groups is 1. The van der Waals surface area contributed by atoms with Crippen LogP contribution in [0.5, 0.6) is 0 Å². The predicted molar refractivity (Wildman–Crippen MR) is 41.7 cm³/mol. The molecule has 1 aromatic rings. The van der Waals surface area contributed by atoms with E-state index in [0.29, 0.717) is 6.07 Å². The normalized spacial score (nSPS) is 11.8. The predicted octanol–water partition coefficient (Wildman–Crippen LogP) is 1.92. The van der Waals surface area contributed by atoms with Crippen LogP contribution in [0.2, 0.25) is 0 Å². The number of rotatable bonds is 1. The third-order valence-electron chi connectivity index (χ3n) is 1.74. The highest BCUT2D eigenvalue weighted by Crippen LogP contribution is 2.36. The molecular weight excluding hydrogens is 202 g/mol. The van der Waals surface area contributed by atoms with Crippen molar-refractivity contribution in [2.24, 2.45) is 0 Å². The number of halogens is 4. The van der Waals surface area contributed by atoms with Crippen LogP contribution in [0.15, 0.2) is 12.1 Å². The van der Waals surface area contributed by atoms with E-state index in [0.717, 1.165) is 6.07 Å². The Morgan fingerprint density at radius 3 is 2.29 bits per heavy atom. The van der Waals surface area contributed by atoms with Crippen molar-refractivity contribution >= 4 is 5.69 Å². The molecule has 6 heteroatoms. The van der Waals surface area contributed by atoms with Gasteiger partial charge in [0.05, 0.1) is 12.3 Å². The Morgan fingerprint density at radius 2 is 1.86 bits per heavy atom. The maximum atomic E-state index is 12.8. The average Bonchev–Trinajstić information content (AvgIpc) is 2.02. The third-order valence-corrected chi connectivity index (χ3v) is 1.74. The molecule has 0 aliphatic rings. The van der Waals surface area contributed by atoms with Crippen molar-refractivity contribution in [1.82, 2.24) is 0 Å². The molecule has 0 amide bonds. The smallest absolute Gasteiger partial charge is 0.398 e. The second kappa shape index (κ2) is 3.45. The maximum Gasteiger partial charge on any atom is 0.421 e. The second-order valence-corrected chi connectivity index (χ2v) is 2.65. The number of nitrogen functional groups attached to an aromatic ring is 1. The summed E-state index contributed by atoms with van der Waals surface area (Å²) in [5.74, 6) is -1.44. The summed E-state index contributed by atoms with van der Waals surface area (Å²) in [7, 11) is 0. The van der Waals surface area contributed by atoms with Crippen LogP contribution in [0.25, 0.3) is 0 Å². The van der Waals surface area contributed by atoms with Gasteiger partial charge in [0.25, 0.3) is 0 Å². The van der Waals surface area contributed by atoms with Gasteiger partial charge >= 0.3 is 6.18 Å². The van der Waals surface area contributed by atoms with Crippen LogP contribution in [-0.4, -0.2) is 5.11 Å². The van der Waals surface area contributed by atoms with Gasteiger partial charge in [0, 0.05) is 5.56 Å². The van der Waals surface area contributed by atoms with Gasteiger partial charge in [-0.25, -0.2) is 4.39 Å². The van der Waals surface area contributed by atoms with Crippen molar-refractivity contribution in [3.63, 3.8) is 0 Å². The molecule has 0 radical (unpaired) electrons. The highest BCUT2D eigenvalue weighted by Gasteiger charge is 2.37. The molecule has 2 nitrogen and oxygen atoms in total. The van der Waals surface area contributed by atoms with Crippen LogP contribution in [-0.2, 0) is 12.8 Å². The minimum atomic E-state index is -4.85. The van der Waals surface area contributed by atoms with Crippen LogP contribution in [0, 0.1) is 5.82 Å². The number of aliphatic hydroxyl groups excluding tert-OH is 1. The van der Waals surface area contributed by atoms with Crippen molar-refractivity contribution in [3.05, 3.63) is 29.1 Å². The fourth-order valence-corrected chi connectivity index (χ4v) is 1.06. The van der Waals surface area contributed by atoms with Crippen LogP contribution >= 0.6 is 0 Å². The van der Waals surface area contributed by atoms with Crippen molar-refractivity contribution in [2.45, 2.75) is 12.8 Å². The Morgan fingerprint density at radius 1 is 1.29 bits per heavy atom. The van der Waals surface area contributed by atoms with Gasteiger partial charge in [0.2, 0.25) is 0 Å². The minimum Gasteiger partial charge on any atom is -0.398 e. The van der Waals surface area contributed by atoms with Gasteiger partial charge in [-0.1, -0.05) is 6.07 Å². The monoisotopic (exact) mass is 209 g/mol. The molecule has 0 aliphatic heterocycles. The number of hydrogen-bond donors (Lipinski definition) is 2. The lowest BCUT2D eigenvalue weighted by Gasteiger charge is -2.13. The summed E-state index contributed by atoms with van der Waals surface area (Å²) < 4.78 is 49.5. The number of nitrogens with two attached hydrogens (primary N) is 1. The van der Waals surface area contributed by atoms with Gasteiger partial charge in [-0.2, -0.15) is 13.2 Å². The molecule has 0 heterocycles. The molecule has 0 spiro atoms. The summed E-state index contributed by atoms with van der Waals surface area (Å²) in [5, 5.41) is 8.63. The molecular formula is C8H7F4NO. The molecule has 3 N–H and O–H groups in total. The number of anilines is 1. The molecule has 78 valence electrons. The SMILES string of the molecule is Nc1c(CO)ccc(F)c1C(F)(F)F. The Labute approximate surface area is 77.0 Å². The van der Waals surface area contributed by atoms with Crippen LogP contribution in [0.1, 0.15) is 11.1 Å². The Bertz CT molecular complexity index is 348. The molecule has 0 saturated heterocycles. The summed E-state index contributed by atoms with van der Waals surface area (Å²) in [6.07, 6.45) is -4.85. The fraction of sp³-hybridized carbons (Fsp3) is 0.250. The fourth-order valence-electron chi connectivity index (χ4n) is 1.06. The zero-order valence-corrected chi connectivity index (χ0v) is 6.90. The first-order chi connectivity index (χ1) is 6.38. The van der Waals surface area contributed by atoms with E-state index in [2.05, 4.69) is 0 Å². The van der Waals surface area contributed by atoms with Gasteiger partial charge in [-0.15, -0.1) is 0 Å². The minimum absolute atomic E-state index is 0.140. The van der Waals surface area contributed by atoms with Gasteiger partial charge < -0.3 is 10.8 Å². The Hall–Kier alpha value is -1.30. The molecule has 0 fully saturated rings. The lowest BCUT2D eigenvalue weighted by molar-refractivity contribution is -0.139. The van der Waals surface area contributed by atoms with E-state index in [1.54, 1.807) is 0 Å². The van der Waals surface area contributed by atoms with Crippen LogP contribution in [0.4, 0.5) is 23.2 Å². The van der Waals surface area contributed by atoms with Crippen LogP contribution in [0.3, 0.4) is 0 Å². The molecule has 0 atom stereocenters. The molecule has 0 unspecified atom stereocenters. The number of benzene rings is 1. The van der Waals surface area contributed by atoms with E-state index in [9.17, 15) is 17.6 Å². The Kier molecular flexibility index (Phi) is 2.66. The van der Waals surface area contributed by atoms with Crippen molar-refractivity contribution < 1.29 is 22.7 Å². The highest BCUT2D eigenvalue weighted by molar-refractivity contribution is 5.55. The summed E-state index contributed by atoms with van der Waals surface area (Å²) in [6.45, 7) is -0.658. The third kappa shape index (κ3) is 1.79. The lowest BCUT2D eigenvalue weighted by Crippen LogP contribution is -2.13. The molecule has 0 aromatic heterocycles. The van der Waals surface area contributed by atoms with E-state index in [1.807, 2.05) is 0 Å². The number of alkyl halides is 3. The zero-order valence-electron chi connectivity index (χ0n) is 6.90. The van der Waals surface area contributed by atoms with E-state index in [-0.39, 0.29) is 5.56 Å². The van der Waals surface area contributed by atoms with E-state index in [1.165, 1.54) is 0 Å². The lowest BCUT2D eigenvalue weighted by atomic mass is 10.1. The largest absolute Gasteiger partial charge is 0.421 e. The first-order valence-electron chi connectivity index (χ1n) is 3.63. The topological polar surface area (TPSA) is 46.2 Å². The molecule has 0 aliphatic carbocycles. The zero-order chi connectivity index (χ0) is 10.9. The summed E-state index contributed by atoms with van der Waals surface area (Å²) in [5.41, 5.74) is 2.63.